The summed E-state index contributed by atoms with van der Waals surface area (Å²) in [7, 11) is -1.19. The molecule has 2 N–H and O–H groups in total. The summed E-state index contributed by atoms with van der Waals surface area (Å²) in [6.07, 6.45) is 1.29. The van der Waals surface area contributed by atoms with Crippen LogP contribution in [0, 0.1) is 0 Å². The SMILES string of the molecule is CC(CNS(=O)(=O)C(C)C)c1ccc(NC(=O)CCCN(C)C(C)(C)C)cc1. The first kappa shape index (κ1) is 24.6. The van der Waals surface area contributed by atoms with Gasteiger partial charge < -0.3 is 10.2 Å². The van der Waals surface area contributed by atoms with E-state index in [4.69, 9.17) is 0 Å². The van der Waals surface area contributed by atoms with Crippen molar-refractivity contribution in [2.24, 2.45) is 0 Å². The highest BCUT2D eigenvalue weighted by atomic mass is 32.2. The molecule has 0 saturated heterocycles. The summed E-state index contributed by atoms with van der Waals surface area (Å²) in [6, 6.07) is 7.58. The van der Waals surface area contributed by atoms with Gasteiger partial charge in [0.2, 0.25) is 15.9 Å². The summed E-state index contributed by atoms with van der Waals surface area (Å²) in [5, 5.41) is 2.48. The van der Waals surface area contributed by atoms with Crippen molar-refractivity contribution in [1.29, 1.82) is 0 Å². The Morgan fingerprint density at radius 2 is 1.68 bits per heavy atom. The Bertz CT molecular complexity index is 722. The van der Waals surface area contributed by atoms with E-state index in [9.17, 15) is 13.2 Å². The minimum absolute atomic E-state index is 0.00722. The summed E-state index contributed by atoms with van der Waals surface area (Å²) in [6.45, 7) is 13.0. The standard InChI is InChI=1S/C21H37N3O3S/c1-16(2)28(26,27)22-15-17(3)18-10-12-19(13-11-18)23-20(25)9-8-14-24(7)21(4,5)6/h10-13,16-17,22H,8-9,14-15H2,1-7H3,(H,23,25). The van der Waals surface area contributed by atoms with Crippen LogP contribution in [0.3, 0.4) is 0 Å². The maximum atomic E-state index is 12.1. The van der Waals surface area contributed by atoms with E-state index >= 15 is 0 Å². The third-order valence-electron chi connectivity index (χ3n) is 5.02. The molecule has 1 atom stereocenters. The van der Waals surface area contributed by atoms with Crippen molar-refractivity contribution in [2.75, 3.05) is 25.5 Å². The van der Waals surface area contributed by atoms with Gasteiger partial charge in [0.05, 0.1) is 5.25 Å². The van der Waals surface area contributed by atoms with E-state index in [0.717, 1.165) is 24.2 Å². The Hall–Kier alpha value is -1.44. The minimum Gasteiger partial charge on any atom is -0.326 e. The number of rotatable bonds is 10. The highest BCUT2D eigenvalue weighted by Crippen LogP contribution is 2.18. The fourth-order valence-corrected chi connectivity index (χ4v) is 3.27. The van der Waals surface area contributed by atoms with Crippen molar-refractivity contribution in [3.8, 4) is 0 Å². The van der Waals surface area contributed by atoms with Gasteiger partial charge in [0.1, 0.15) is 0 Å². The van der Waals surface area contributed by atoms with E-state index in [1.165, 1.54) is 0 Å². The number of sulfonamides is 1. The lowest BCUT2D eigenvalue weighted by atomic mass is 10.0. The Morgan fingerprint density at radius 3 is 2.18 bits per heavy atom. The second kappa shape index (κ2) is 10.4. The Kier molecular flexibility index (Phi) is 9.11. The van der Waals surface area contributed by atoms with Crippen molar-refractivity contribution in [1.82, 2.24) is 9.62 Å². The van der Waals surface area contributed by atoms with Crippen LogP contribution in [0.4, 0.5) is 5.69 Å². The van der Waals surface area contributed by atoms with E-state index in [1.54, 1.807) is 13.8 Å². The third-order valence-corrected chi connectivity index (χ3v) is 6.83. The first-order valence-corrected chi connectivity index (χ1v) is 11.5. The average molecular weight is 412 g/mol. The smallest absolute Gasteiger partial charge is 0.224 e. The molecule has 0 radical (unpaired) electrons. The van der Waals surface area contributed by atoms with Crippen LogP contribution in [-0.4, -0.2) is 50.2 Å². The number of carbonyl (C=O) groups is 1. The summed E-state index contributed by atoms with van der Waals surface area (Å²) in [5.74, 6) is 0.0546. The molecule has 0 bridgehead atoms. The predicted molar refractivity (Wildman–Crippen MR) is 117 cm³/mol. The summed E-state index contributed by atoms with van der Waals surface area (Å²) in [4.78, 5) is 14.4. The Morgan fingerprint density at radius 1 is 1.11 bits per heavy atom. The lowest BCUT2D eigenvalue weighted by Gasteiger charge is -2.31. The maximum Gasteiger partial charge on any atom is 0.224 e. The molecule has 0 heterocycles. The van der Waals surface area contributed by atoms with Crippen LogP contribution < -0.4 is 10.0 Å². The predicted octanol–water partition coefficient (Wildman–Crippen LogP) is 3.57. The molecule has 7 heteroatoms. The lowest BCUT2D eigenvalue weighted by molar-refractivity contribution is -0.116. The van der Waals surface area contributed by atoms with Crippen LogP contribution in [0.15, 0.2) is 24.3 Å². The van der Waals surface area contributed by atoms with Crippen LogP contribution in [-0.2, 0) is 14.8 Å². The first-order chi connectivity index (χ1) is 12.8. The number of hydrogen-bond acceptors (Lipinski definition) is 4. The molecule has 0 spiro atoms. The highest BCUT2D eigenvalue weighted by Gasteiger charge is 2.18. The summed E-state index contributed by atoms with van der Waals surface area (Å²) in [5.41, 5.74) is 1.89. The zero-order valence-electron chi connectivity index (χ0n) is 18.4. The van der Waals surface area contributed by atoms with Crippen LogP contribution >= 0.6 is 0 Å². The molecule has 1 aromatic carbocycles. The number of carbonyl (C=O) groups excluding carboxylic acids is 1. The fourth-order valence-electron chi connectivity index (χ4n) is 2.46. The second-order valence-corrected chi connectivity index (χ2v) is 11.0. The van der Waals surface area contributed by atoms with Crippen molar-refractivity contribution >= 4 is 21.6 Å². The molecule has 1 rings (SSSR count). The Balaban J connectivity index is 2.48. The molecule has 1 amide bonds. The zero-order valence-corrected chi connectivity index (χ0v) is 19.2. The molecule has 28 heavy (non-hydrogen) atoms. The number of amides is 1. The average Bonchev–Trinajstić information content (AvgIpc) is 2.59. The van der Waals surface area contributed by atoms with Gasteiger partial charge in [-0.25, -0.2) is 13.1 Å². The van der Waals surface area contributed by atoms with Gasteiger partial charge in [-0.15, -0.1) is 0 Å². The number of anilines is 1. The van der Waals surface area contributed by atoms with Gasteiger partial charge in [0.15, 0.2) is 0 Å². The maximum absolute atomic E-state index is 12.1. The van der Waals surface area contributed by atoms with Crippen molar-refractivity contribution < 1.29 is 13.2 Å². The van der Waals surface area contributed by atoms with E-state index in [1.807, 2.05) is 31.2 Å². The van der Waals surface area contributed by atoms with E-state index in [2.05, 4.69) is 42.8 Å². The van der Waals surface area contributed by atoms with Gasteiger partial charge in [-0.1, -0.05) is 19.1 Å². The van der Waals surface area contributed by atoms with E-state index in [-0.39, 0.29) is 17.4 Å². The van der Waals surface area contributed by atoms with Crippen LogP contribution in [0.25, 0.3) is 0 Å². The van der Waals surface area contributed by atoms with Crippen molar-refractivity contribution in [3.63, 3.8) is 0 Å². The molecule has 0 aliphatic rings. The number of hydrogen-bond donors (Lipinski definition) is 2. The number of nitrogens with zero attached hydrogens (tertiary/aromatic N) is 1. The van der Waals surface area contributed by atoms with Crippen LogP contribution in [0.1, 0.15) is 65.9 Å². The molecular formula is C21H37N3O3S. The number of benzene rings is 1. The number of nitrogens with one attached hydrogen (secondary N) is 2. The molecule has 1 aromatic rings. The van der Waals surface area contributed by atoms with Crippen molar-refractivity contribution in [2.45, 2.75) is 71.1 Å². The quantitative estimate of drug-likeness (QED) is 0.617. The molecule has 0 aliphatic carbocycles. The second-order valence-electron chi connectivity index (χ2n) is 8.71. The molecular weight excluding hydrogens is 374 g/mol. The molecule has 0 aliphatic heterocycles. The minimum atomic E-state index is -3.26. The van der Waals surface area contributed by atoms with Crippen molar-refractivity contribution in [3.05, 3.63) is 29.8 Å². The monoisotopic (exact) mass is 411 g/mol. The molecule has 0 saturated carbocycles. The van der Waals surface area contributed by atoms with Crippen LogP contribution in [0.5, 0.6) is 0 Å². The molecule has 0 aromatic heterocycles. The lowest BCUT2D eigenvalue weighted by Crippen LogP contribution is -2.38. The molecule has 1 unspecified atom stereocenters. The highest BCUT2D eigenvalue weighted by molar-refractivity contribution is 7.90. The molecule has 160 valence electrons. The Labute approximate surface area is 171 Å². The summed E-state index contributed by atoms with van der Waals surface area (Å²) >= 11 is 0. The normalized spacial score (nSPS) is 13.8. The van der Waals surface area contributed by atoms with Gasteiger partial charge >= 0.3 is 0 Å². The van der Waals surface area contributed by atoms with E-state index in [0.29, 0.717) is 13.0 Å². The van der Waals surface area contributed by atoms with Gasteiger partial charge in [-0.2, -0.15) is 0 Å². The molecule has 6 nitrogen and oxygen atoms in total. The van der Waals surface area contributed by atoms with Gasteiger partial charge in [0.25, 0.3) is 0 Å². The molecule has 0 fully saturated rings. The topological polar surface area (TPSA) is 78.5 Å². The van der Waals surface area contributed by atoms with E-state index < -0.39 is 15.3 Å². The van der Waals surface area contributed by atoms with Gasteiger partial charge in [-0.05, 0) is 78.2 Å². The van der Waals surface area contributed by atoms with Gasteiger partial charge in [-0.3, -0.25) is 4.79 Å². The van der Waals surface area contributed by atoms with Crippen LogP contribution in [0.2, 0.25) is 0 Å². The largest absolute Gasteiger partial charge is 0.326 e. The third kappa shape index (κ3) is 8.29. The first-order valence-electron chi connectivity index (χ1n) is 9.92. The summed E-state index contributed by atoms with van der Waals surface area (Å²) < 4.78 is 26.4. The fraction of sp³-hybridized carbons (Fsp3) is 0.667. The zero-order chi connectivity index (χ0) is 21.5. The van der Waals surface area contributed by atoms with Gasteiger partial charge in [0, 0.05) is 24.2 Å².